The molecule has 8 heteroatoms. The van der Waals surface area contributed by atoms with Crippen molar-refractivity contribution in [1.29, 1.82) is 0 Å². The molecule has 162 valence electrons. The van der Waals surface area contributed by atoms with Gasteiger partial charge in [-0.3, -0.25) is 0 Å². The Morgan fingerprint density at radius 3 is 1.39 bits per heavy atom. The molecule has 0 unspecified atom stereocenters. The number of aromatic nitrogens is 3. The number of nitrogens with one attached hydrogen (secondary N) is 3. The van der Waals surface area contributed by atoms with Crippen LogP contribution in [0.15, 0.2) is 91.0 Å². The maximum atomic E-state index is 5.79. The summed E-state index contributed by atoms with van der Waals surface area (Å²) in [4.78, 5) is 13.6. The highest BCUT2D eigenvalue weighted by atomic mass is 15.3. The molecule has 0 aliphatic carbocycles. The number of rotatable bonds is 6. The fourth-order valence-electron chi connectivity index (χ4n) is 3.33. The quantitative estimate of drug-likeness (QED) is 0.224. The number of fused-ring (bicyclic) bond motifs is 1. The molecule has 33 heavy (non-hydrogen) atoms. The lowest BCUT2D eigenvalue weighted by atomic mass is 10.1. The van der Waals surface area contributed by atoms with E-state index in [0.29, 0.717) is 29.2 Å². The van der Waals surface area contributed by atoms with Gasteiger partial charge in [0.2, 0.25) is 17.8 Å². The Labute approximate surface area is 190 Å². The summed E-state index contributed by atoms with van der Waals surface area (Å²) in [5, 5.41) is 12.0. The second-order valence-electron chi connectivity index (χ2n) is 7.49. The largest absolute Gasteiger partial charge is 0.399 e. The minimum absolute atomic E-state index is 0.385. The molecule has 0 radical (unpaired) electrons. The second kappa shape index (κ2) is 8.72. The van der Waals surface area contributed by atoms with Crippen molar-refractivity contribution >= 4 is 57.1 Å². The Morgan fingerprint density at radius 1 is 0.455 bits per heavy atom. The summed E-state index contributed by atoms with van der Waals surface area (Å²) >= 11 is 0. The van der Waals surface area contributed by atoms with Crippen molar-refractivity contribution in [3.63, 3.8) is 0 Å². The average molecular weight is 435 g/mol. The van der Waals surface area contributed by atoms with Crippen LogP contribution in [0.5, 0.6) is 0 Å². The molecule has 0 aliphatic heterocycles. The minimum atomic E-state index is 0.385. The highest BCUT2D eigenvalue weighted by Crippen LogP contribution is 2.24. The summed E-state index contributed by atoms with van der Waals surface area (Å²) in [6, 6.07) is 29.0. The van der Waals surface area contributed by atoms with Crippen molar-refractivity contribution in [3.05, 3.63) is 91.0 Å². The molecule has 1 heterocycles. The lowest BCUT2D eigenvalue weighted by Gasteiger charge is -2.12. The number of nitrogens with two attached hydrogens (primary N) is 2. The van der Waals surface area contributed by atoms with Gasteiger partial charge in [0.1, 0.15) is 0 Å². The third-order valence-corrected chi connectivity index (χ3v) is 4.97. The summed E-state index contributed by atoms with van der Waals surface area (Å²) in [5.41, 5.74) is 15.4. The zero-order chi connectivity index (χ0) is 22.6. The van der Waals surface area contributed by atoms with E-state index in [9.17, 15) is 0 Å². The zero-order valence-electron chi connectivity index (χ0n) is 17.7. The third kappa shape index (κ3) is 4.91. The molecule has 0 saturated carbocycles. The van der Waals surface area contributed by atoms with Crippen molar-refractivity contribution in [2.45, 2.75) is 0 Å². The van der Waals surface area contributed by atoms with Crippen LogP contribution >= 0.6 is 0 Å². The molecule has 0 bridgehead atoms. The topological polar surface area (TPSA) is 127 Å². The van der Waals surface area contributed by atoms with Gasteiger partial charge >= 0.3 is 0 Å². The predicted molar refractivity (Wildman–Crippen MR) is 135 cm³/mol. The standard InChI is InChI=1S/C25H22N8/c26-18-6-11-20(12-7-18)28-23-31-24(29-21-13-8-19(27)9-14-21)33-25(32-23)30-22-10-5-16-3-1-2-4-17(16)15-22/h1-15H,26-27H2,(H3,28,29,30,31,32,33). The summed E-state index contributed by atoms with van der Waals surface area (Å²) in [5.74, 6) is 1.17. The molecule has 0 saturated heterocycles. The van der Waals surface area contributed by atoms with Crippen LogP contribution in [0, 0.1) is 0 Å². The van der Waals surface area contributed by atoms with Crippen molar-refractivity contribution in [2.75, 3.05) is 27.4 Å². The molecule has 5 aromatic rings. The van der Waals surface area contributed by atoms with Crippen molar-refractivity contribution < 1.29 is 0 Å². The molecule has 0 amide bonds. The summed E-state index contributed by atoms with van der Waals surface area (Å²) in [6.45, 7) is 0. The Bertz CT molecular complexity index is 1330. The van der Waals surface area contributed by atoms with Crippen molar-refractivity contribution in [1.82, 2.24) is 15.0 Å². The molecule has 0 fully saturated rings. The summed E-state index contributed by atoms with van der Waals surface area (Å²) in [6.07, 6.45) is 0. The van der Waals surface area contributed by atoms with Crippen LogP contribution < -0.4 is 27.4 Å². The normalized spacial score (nSPS) is 10.7. The number of hydrogen-bond donors (Lipinski definition) is 5. The Balaban J connectivity index is 1.47. The van der Waals surface area contributed by atoms with Crippen LogP contribution in [0.2, 0.25) is 0 Å². The molecular formula is C25H22N8. The van der Waals surface area contributed by atoms with Gasteiger partial charge in [0.15, 0.2) is 0 Å². The SMILES string of the molecule is Nc1ccc(Nc2nc(Nc3ccc(N)cc3)nc(Nc3ccc4ccccc4c3)n2)cc1. The third-order valence-electron chi connectivity index (χ3n) is 4.97. The number of hydrogen-bond acceptors (Lipinski definition) is 8. The number of nitrogens with zero attached hydrogens (tertiary/aromatic N) is 3. The maximum Gasteiger partial charge on any atom is 0.233 e. The first kappa shape index (κ1) is 20.1. The fraction of sp³-hybridized carbons (Fsp3) is 0. The van der Waals surface area contributed by atoms with E-state index in [1.807, 2.05) is 66.7 Å². The lowest BCUT2D eigenvalue weighted by molar-refractivity contribution is 1.06. The van der Waals surface area contributed by atoms with Gasteiger partial charge in [-0.2, -0.15) is 15.0 Å². The van der Waals surface area contributed by atoms with E-state index in [4.69, 9.17) is 11.5 Å². The van der Waals surface area contributed by atoms with E-state index in [0.717, 1.165) is 27.8 Å². The molecule has 1 aromatic heterocycles. The average Bonchev–Trinajstić information content (AvgIpc) is 2.82. The zero-order valence-corrected chi connectivity index (χ0v) is 17.7. The van der Waals surface area contributed by atoms with Crippen LogP contribution in [-0.2, 0) is 0 Å². The van der Waals surface area contributed by atoms with Gasteiger partial charge in [-0.1, -0.05) is 30.3 Å². The first-order valence-corrected chi connectivity index (χ1v) is 10.4. The number of anilines is 8. The van der Waals surface area contributed by atoms with Crippen LogP contribution in [0.1, 0.15) is 0 Å². The molecule has 0 atom stereocenters. The Kier molecular flexibility index (Phi) is 5.30. The van der Waals surface area contributed by atoms with Crippen LogP contribution in [0.3, 0.4) is 0 Å². The summed E-state index contributed by atoms with van der Waals surface area (Å²) < 4.78 is 0. The molecular weight excluding hydrogens is 412 g/mol. The highest BCUT2D eigenvalue weighted by molar-refractivity contribution is 5.86. The van der Waals surface area contributed by atoms with E-state index in [1.54, 1.807) is 0 Å². The second-order valence-corrected chi connectivity index (χ2v) is 7.49. The molecule has 8 nitrogen and oxygen atoms in total. The molecule has 7 N–H and O–H groups in total. The summed E-state index contributed by atoms with van der Waals surface area (Å²) in [7, 11) is 0. The van der Waals surface area contributed by atoms with E-state index in [-0.39, 0.29) is 0 Å². The molecule has 4 aromatic carbocycles. The van der Waals surface area contributed by atoms with E-state index in [1.165, 1.54) is 0 Å². The minimum Gasteiger partial charge on any atom is -0.399 e. The first-order chi connectivity index (χ1) is 16.1. The van der Waals surface area contributed by atoms with Gasteiger partial charge < -0.3 is 27.4 Å². The van der Waals surface area contributed by atoms with Crippen molar-refractivity contribution in [2.24, 2.45) is 0 Å². The van der Waals surface area contributed by atoms with Gasteiger partial charge in [0, 0.05) is 28.4 Å². The number of benzene rings is 4. The fourth-order valence-corrected chi connectivity index (χ4v) is 3.33. The Morgan fingerprint density at radius 2 is 0.879 bits per heavy atom. The van der Waals surface area contributed by atoms with E-state index in [2.05, 4.69) is 55.2 Å². The Hall–Kier alpha value is -4.85. The van der Waals surface area contributed by atoms with E-state index < -0.39 is 0 Å². The predicted octanol–water partition coefficient (Wildman–Crippen LogP) is 5.42. The van der Waals surface area contributed by atoms with Crippen LogP contribution in [0.4, 0.5) is 46.3 Å². The highest BCUT2D eigenvalue weighted by Gasteiger charge is 2.09. The lowest BCUT2D eigenvalue weighted by Crippen LogP contribution is -2.07. The monoisotopic (exact) mass is 434 g/mol. The first-order valence-electron chi connectivity index (χ1n) is 10.4. The van der Waals surface area contributed by atoms with Gasteiger partial charge in [-0.05, 0) is 71.4 Å². The smallest absolute Gasteiger partial charge is 0.233 e. The molecule has 0 aliphatic rings. The van der Waals surface area contributed by atoms with Gasteiger partial charge in [0.05, 0.1) is 0 Å². The van der Waals surface area contributed by atoms with Gasteiger partial charge in [-0.25, -0.2) is 0 Å². The molecule has 0 spiro atoms. The van der Waals surface area contributed by atoms with Gasteiger partial charge in [-0.15, -0.1) is 0 Å². The van der Waals surface area contributed by atoms with E-state index >= 15 is 0 Å². The number of nitrogen functional groups attached to an aromatic ring is 2. The van der Waals surface area contributed by atoms with Crippen LogP contribution in [-0.4, -0.2) is 15.0 Å². The van der Waals surface area contributed by atoms with Crippen LogP contribution in [0.25, 0.3) is 10.8 Å². The molecule has 5 rings (SSSR count). The van der Waals surface area contributed by atoms with Crippen molar-refractivity contribution in [3.8, 4) is 0 Å². The van der Waals surface area contributed by atoms with Gasteiger partial charge in [0.25, 0.3) is 0 Å². The maximum absolute atomic E-state index is 5.79.